The summed E-state index contributed by atoms with van der Waals surface area (Å²) in [5, 5.41) is 0. The minimum absolute atomic E-state index is 0.110. The molecule has 0 atom stereocenters. The summed E-state index contributed by atoms with van der Waals surface area (Å²) in [6.07, 6.45) is 3.28. The van der Waals surface area contributed by atoms with Crippen LogP contribution in [0.15, 0.2) is 72.8 Å². The lowest BCUT2D eigenvalue weighted by Crippen LogP contribution is -2.08. The third kappa shape index (κ3) is 4.28. The molecule has 0 unspecified atom stereocenters. The van der Waals surface area contributed by atoms with E-state index in [-0.39, 0.29) is 5.78 Å². The molecule has 2 aromatic carbocycles. The van der Waals surface area contributed by atoms with E-state index in [1.807, 2.05) is 30.3 Å². The van der Waals surface area contributed by atoms with Crippen molar-refractivity contribution < 1.29 is 14.3 Å². The summed E-state index contributed by atoms with van der Waals surface area (Å²) in [4.78, 5) is 23.4. The summed E-state index contributed by atoms with van der Waals surface area (Å²) in [7, 11) is 0. The fourth-order valence-electron chi connectivity index (χ4n) is 1.71. The second kappa shape index (κ2) is 7.18. The van der Waals surface area contributed by atoms with Crippen molar-refractivity contribution in [1.29, 1.82) is 0 Å². The Balaban J connectivity index is 2.04. The summed E-state index contributed by atoms with van der Waals surface area (Å²) in [5.41, 5.74) is 1.82. The van der Waals surface area contributed by atoms with E-state index >= 15 is 0 Å². The third-order valence-corrected chi connectivity index (χ3v) is 2.92. The zero-order chi connectivity index (χ0) is 15.9. The van der Waals surface area contributed by atoms with Crippen molar-refractivity contribution in [2.24, 2.45) is 0 Å². The second-order valence-corrected chi connectivity index (χ2v) is 4.80. The van der Waals surface area contributed by atoms with Crippen LogP contribution >= 0.6 is 0 Å². The fourth-order valence-corrected chi connectivity index (χ4v) is 1.71. The van der Waals surface area contributed by atoms with Gasteiger partial charge in [-0.1, -0.05) is 43.0 Å². The highest BCUT2D eigenvalue weighted by Gasteiger charge is 2.06. The van der Waals surface area contributed by atoms with Gasteiger partial charge in [0.2, 0.25) is 0 Å². The van der Waals surface area contributed by atoms with Crippen molar-refractivity contribution in [3.63, 3.8) is 0 Å². The zero-order valence-corrected chi connectivity index (χ0v) is 12.3. The zero-order valence-electron chi connectivity index (χ0n) is 12.3. The molecule has 0 radical (unpaired) electrons. The molecular formula is C19H16O3. The van der Waals surface area contributed by atoms with E-state index in [1.54, 1.807) is 37.3 Å². The topological polar surface area (TPSA) is 43.4 Å². The number of hydrogen-bond donors (Lipinski definition) is 0. The van der Waals surface area contributed by atoms with Gasteiger partial charge in [0.15, 0.2) is 5.78 Å². The van der Waals surface area contributed by atoms with E-state index in [2.05, 4.69) is 6.58 Å². The molecule has 3 nitrogen and oxygen atoms in total. The Hall–Kier alpha value is -2.94. The summed E-state index contributed by atoms with van der Waals surface area (Å²) in [6.45, 7) is 5.09. The molecule has 110 valence electrons. The standard InChI is InChI=1S/C19H16O3/c1-14(2)19(21)22-17-11-9-16(10-12-17)18(20)13-8-15-6-4-3-5-7-15/h3-13H,1H2,2H3/b13-8+. The molecule has 0 saturated carbocycles. The summed E-state index contributed by atoms with van der Waals surface area (Å²) in [6, 6.07) is 16.0. The molecule has 0 N–H and O–H groups in total. The number of ketones is 1. The Labute approximate surface area is 129 Å². The monoisotopic (exact) mass is 292 g/mol. The smallest absolute Gasteiger partial charge is 0.338 e. The molecule has 0 saturated heterocycles. The van der Waals surface area contributed by atoms with Gasteiger partial charge in [0.25, 0.3) is 0 Å². The van der Waals surface area contributed by atoms with Crippen molar-refractivity contribution >= 4 is 17.8 Å². The van der Waals surface area contributed by atoms with Crippen LogP contribution in [-0.2, 0) is 4.79 Å². The van der Waals surface area contributed by atoms with Crippen LogP contribution < -0.4 is 4.74 Å². The van der Waals surface area contributed by atoms with Gasteiger partial charge in [-0.3, -0.25) is 4.79 Å². The predicted octanol–water partition coefficient (Wildman–Crippen LogP) is 4.06. The molecule has 0 heterocycles. The Kier molecular flexibility index (Phi) is 5.04. The lowest BCUT2D eigenvalue weighted by molar-refractivity contribution is -0.130. The maximum atomic E-state index is 12.1. The van der Waals surface area contributed by atoms with Crippen molar-refractivity contribution in [3.8, 4) is 5.75 Å². The number of carbonyl (C=O) groups excluding carboxylic acids is 2. The van der Waals surface area contributed by atoms with Crippen LogP contribution in [0.3, 0.4) is 0 Å². The molecule has 3 heteroatoms. The Morgan fingerprint density at radius 3 is 2.23 bits per heavy atom. The van der Waals surface area contributed by atoms with E-state index in [0.29, 0.717) is 16.9 Å². The Bertz CT molecular complexity index is 710. The molecule has 0 aliphatic carbocycles. The van der Waals surface area contributed by atoms with Gasteiger partial charge in [-0.15, -0.1) is 0 Å². The highest BCUT2D eigenvalue weighted by atomic mass is 16.5. The first-order valence-electron chi connectivity index (χ1n) is 6.81. The van der Waals surface area contributed by atoms with E-state index in [4.69, 9.17) is 4.74 Å². The molecule has 2 rings (SSSR count). The van der Waals surface area contributed by atoms with Crippen LogP contribution in [-0.4, -0.2) is 11.8 Å². The highest BCUT2D eigenvalue weighted by Crippen LogP contribution is 2.14. The van der Waals surface area contributed by atoms with Crippen LogP contribution in [0.1, 0.15) is 22.8 Å². The Morgan fingerprint density at radius 1 is 1.00 bits per heavy atom. The largest absolute Gasteiger partial charge is 0.423 e. The SMILES string of the molecule is C=C(C)C(=O)Oc1ccc(C(=O)/C=C/c2ccccc2)cc1. The molecular weight excluding hydrogens is 276 g/mol. The van der Waals surface area contributed by atoms with E-state index in [9.17, 15) is 9.59 Å². The lowest BCUT2D eigenvalue weighted by atomic mass is 10.1. The van der Waals surface area contributed by atoms with Crippen LogP contribution in [0.2, 0.25) is 0 Å². The minimum atomic E-state index is -0.483. The van der Waals surface area contributed by atoms with Gasteiger partial charge in [0.05, 0.1) is 0 Å². The Morgan fingerprint density at radius 2 is 1.64 bits per heavy atom. The minimum Gasteiger partial charge on any atom is -0.423 e. The van der Waals surface area contributed by atoms with E-state index < -0.39 is 5.97 Å². The van der Waals surface area contributed by atoms with Crippen LogP contribution in [0, 0.1) is 0 Å². The number of rotatable bonds is 5. The first-order chi connectivity index (χ1) is 10.6. The molecule has 0 bridgehead atoms. The molecule has 0 spiro atoms. The summed E-state index contributed by atoms with van der Waals surface area (Å²) < 4.78 is 5.07. The maximum Gasteiger partial charge on any atom is 0.338 e. The van der Waals surface area contributed by atoms with Crippen molar-refractivity contribution in [1.82, 2.24) is 0 Å². The first-order valence-corrected chi connectivity index (χ1v) is 6.81. The van der Waals surface area contributed by atoms with Gasteiger partial charge >= 0.3 is 5.97 Å². The molecule has 22 heavy (non-hydrogen) atoms. The van der Waals surface area contributed by atoms with Gasteiger partial charge in [-0.05, 0) is 42.8 Å². The average molecular weight is 292 g/mol. The van der Waals surface area contributed by atoms with Gasteiger partial charge in [-0.2, -0.15) is 0 Å². The quantitative estimate of drug-likeness (QED) is 0.361. The second-order valence-electron chi connectivity index (χ2n) is 4.80. The van der Waals surface area contributed by atoms with Crippen LogP contribution in [0.25, 0.3) is 6.08 Å². The first kappa shape index (κ1) is 15.4. The molecule has 2 aromatic rings. The third-order valence-electron chi connectivity index (χ3n) is 2.92. The average Bonchev–Trinajstić information content (AvgIpc) is 2.54. The number of carbonyl (C=O) groups is 2. The number of ether oxygens (including phenoxy) is 1. The lowest BCUT2D eigenvalue weighted by Gasteiger charge is -2.04. The number of benzene rings is 2. The van der Waals surface area contributed by atoms with Crippen molar-refractivity contribution in [2.75, 3.05) is 0 Å². The summed E-state index contributed by atoms with van der Waals surface area (Å²) in [5.74, 6) is -0.207. The molecule has 0 fully saturated rings. The van der Waals surface area contributed by atoms with Gasteiger partial charge in [0, 0.05) is 11.1 Å². The van der Waals surface area contributed by atoms with Gasteiger partial charge in [-0.25, -0.2) is 4.79 Å². The van der Waals surface area contributed by atoms with Crippen LogP contribution in [0.5, 0.6) is 5.75 Å². The van der Waals surface area contributed by atoms with Gasteiger partial charge < -0.3 is 4.74 Å². The fraction of sp³-hybridized carbons (Fsp3) is 0.0526. The van der Waals surface area contributed by atoms with E-state index in [1.165, 1.54) is 6.08 Å². The molecule has 0 amide bonds. The normalized spacial score (nSPS) is 10.4. The molecule has 0 aliphatic rings. The van der Waals surface area contributed by atoms with Gasteiger partial charge in [0.1, 0.15) is 5.75 Å². The van der Waals surface area contributed by atoms with E-state index in [0.717, 1.165) is 5.56 Å². The maximum absolute atomic E-state index is 12.1. The number of allylic oxidation sites excluding steroid dienone is 1. The number of esters is 1. The molecule has 0 aliphatic heterocycles. The molecule has 0 aromatic heterocycles. The van der Waals surface area contributed by atoms with Crippen molar-refractivity contribution in [3.05, 3.63) is 84.0 Å². The summed E-state index contributed by atoms with van der Waals surface area (Å²) >= 11 is 0. The number of hydrogen-bond acceptors (Lipinski definition) is 3. The van der Waals surface area contributed by atoms with Crippen molar-refractivity contribution in [2.45, 2.75) is 6.92 Å². The predicted molar refractivity (Wildman–Crippen MR) is 86.7 cm³/mol. The highest BCUT2D eigenvalue weighted by molar-refractivity contribution is 6.06. The van der Waals surface area contributed by atoms with Crippen LogP contribution in [0.4, 0.5) is 0 Å².